The summed E-state index contributed by atoms with van der Waals surface area (Å²) in [7, 11) is 3.39. The predicted octanol–water partition coefficient (Wildman–Crippen LogP) is 3.71. The van der Waals surface area contributed by atoms with Crippen molar-refractivity contribution in [2.75, 3.05) is 36.2 Å². The van der Waals surface area contributed by atoms with Gasteiger partial charge in [0, 0.05) is 11.4 Å². The molecule has 6 N–H and O–H groups in total. The van der Waals surface area contributed by atoms with Crippen LogP contribution in [0, 0.1) is 10.8 Å². The number of likely N-dealkylation sites (N-methyl/N-ethyl adjacent to an activating group) is 2. The first kappa shape index (κ1) is 45.4. The fourth-order valence-corrected chi connectivity index (χ4v) is 12.1. The molecule has 4 saturated heterocycles. The number of para-hydroxylation sites is 2. The molecular formula is C44H62N8O6S2. The van der Waals surface area contributed by atoms with Gasteiger partial charge in [-0.15, -0.1) is 23.5 Å². The van der Waals surface area contributed by atoms with Gasteiger partial charge in [0.1, 0.15) is 24.2 Å². The van der Waals surface area contributed by atoms with Gasteiger partial charge in [0.2, 0.25) is 35.4 Å². The Kier molecular flexibility index (Phi) is 14.3. The number of rotatable bonds is 13. The number of carbonyl (C=O) groups is 6. The highest BCUT2D eigenvalue weighted by Gasteiger charge is 2.56. The van der Waals surface area contributed by atoms with Gasteiger partial charge in [0.15, 0.2) is 0 Å². The molecule has 326 valence electrons. The summed E-state index contributed by atoms with van der Waals surface area (Å²) in [6, 6.07) is 11.4. The van der Waals surface area contributed by atoms with E-state index in [2.05, 4.69) is 31.9 Å². The summed E-state index contributed by atoms with van der Waals surface area (Å²) < 4.78 is 0. The second-order valence-corrected chi connectivity index (χ2v) is 20.4. The lowest BCUT2D eigenvalue weighted by Crippen LogP contribution is -2.57. The van der Waals surface area contributed by atoms with Gasteiger partial charge in [0.05, 0.1) is 22.8 Å². The number of anilines is 2. The molecule has 0 bridgehead atoms. The molecule has 4 fully saturated rings. The summed E-state index contributed by atoms with van der Waals surface area (Å²) >= 11 is 3.31. The lowest BCUT2D eigenvalue weighted by atomic mass is 9.84. The van der Waals surface area contributed by atoms with Crippen LogP contribution in [0.25, 0.3) is 0 Å². The summed E-state index contributed by atoms with van der Waals surface area (Å²) in [5.74, 6) is -0.161. The van der Waals surface area contributed by atoms with Gasteiger partial charge >= 0.3 is 0 Å². The lowest BCUT2D eigenvalue weighted by molar-refractivity contribution is -0.142. The topological polar surface area (TPSA) is 181 Å². The van der Waals surface area contributed by atoms with Crippen LogP contribution in [0.5, 0.6) is 0 Å². The molecule has 8 atom stereocenters. The first-order valence-electron chi connectivity index (χ1n) is 21.1. The number of hydrogen-bond acceptors (Lipinski definition) is 10. The fraction of sp³-hybridized carbons (Fsp3) is 0.591. The first-order chi connectivity index (χ1) is 28.5. The van der Waals surface area contributed by atoms with Crippen molar-refractivity contribution in [1.29, 1.82) is 0 Å². The Hall–Kier alpha value is -4.12. The van der Waals surface area contributed by atoms with Crippen molar-refractivity contribution in [2.24, 2.45) is 10.8 Å². The van der Waals surface area contributed by atoms with Crippen LogP contribution in [-0.2, 0) is 41.6 Å². The summed E-state index contributed by atoms with van der Waals surface area (Å²) in [4.78, 5) is 85.9. The number of amides is 6. The third-order valence-corrected chi connectivity index (χ3v) is 15.1. The number of benzene rings is 2. The van der Waals surface area contributed by atoms with Crippen LogP contribution in [0.4, 0.5) is 11.4 Å². The van der Waals surface area contributed by atoms with E-state index >= 15 is 0 Å². The van der Waals surface area contributed by atoms with Gasteiger partial charge in [-0.2, -0.15) is 0 Å². The maximum Gasteiger partial charge on any atom is 0.247 e. The molecule has 2 aromatic carbocycles. The van der Waals surface area contributed by atoms with Gasteiger partial charge in [0.25, 0.3) is 0 Å². The zero-order chi connectivity index (χ0) is 43.5. The van der Waals surface area contributed by atoms with Crippen molar-refractivity contribution >= 4 is 70.3 Å². The highest BCUT2D eigenvalue weighted by molar-refractivity contribution is 8.00. The molecule has 0 saturated carbocycles. The van der Waals surface area contributed by atoms with E-state index < -0.39 is 47.1 Å². The van der Waals surface area contributed by atoms with Crippen LogP contribution in [0.15, 0.2) is 48.5 Å². The van der Waals surface area contributed by atoms with Crippen molar-refractivity contribution in [1.82, 2.24) is 31.1 Å². The SMILES string of the molecule is CN[C@@H](C)C(=O)N[C@H]1CCS[C@H]2CC(C)(C)[C@@H](C(=O)Nc3ccccc3CCc3ccccc3NC(=O)[C@H]3N4C(=O)[C@@H](NC(=O)[C@H](C)NC)CCS[C@H]4CC3(C)C)N2C1=O. The van der Waals surface area contributed by atoms with Gasteiger partial charge in [-0.1, -0.05) is 64.1 Å². The summed E-state index contributed by atoms with van der Waals surface area (Å²) in [6.45, 7) is 11.6. The minimum atomic E-state index is -0.747. The molecule has 4 aliphatic rings. The number of nitrogens with zero attached hydrogens (tertiary/aromatic N) is 2. The largest absolute Gasteiger partial charge is 0.343 e. The normalized spacial score (nSPS) is 26.8. The zero-order valence-electron chi connectivity index (χ0n) is 36.1. The maximum atomic E-state index is 14.4. The first-order valence-corrected chi connectivity index (χ1v) is 23.2. The molecule has 0 radical (unpaired) electrons. The molecule has 6 amide bonds. The second kappa shape index (κ2) is 18.9. The minimum absolute atomic E-state index is 0.180. The Morgan fingerprint density at radius 2 is 1.02 bits per heavy atom. The Balaban J connectivity index is 1.16. The molecule has 0 aromatic heterocycles. The van der Waals surface area contributed by atoms with E-state index in [-0.39, 0.29) is 46.2 Å². The molecule has 0 spiro atoms. The highest BCUT2D eigenvalue weighted by Crippen LogP contribution is 2.48. The Morgan fingerprint density at radius 1 is 0.650 bits per heavy atom. The van der Waals surface area contributed by atoms with Crippen molar-refractivity contribution in [3.63, 3.8) is 0 Å². The number of hydrogen-bond donors (Lipinski definition) is 6. The maximum absolute atomic E-state index is 14.4. The quantitative estimate of drug-likeness (QED) is 0.174. The molecule has 4 aliphatic heterocycles. The monoisotopic (exact) mass is 862 g/mol. The van der Waals surface area contributed by atoms with Crippen LogP contribution in [0.3, 0.4) is 0 Å². The van der Waals surface area contributed by atoms with Crippen molar-refractivity contribution < 1.29 is 28.8 Å². The zero-order valence-corrected chi connectivity index (χ0v) is 37.7. The number of thioether (sulfide) groups is 2. The van der Waals surface area contributed by atoms with Crippen molar-refractivity contribution in [3.05, 3.63) is 59.7 Å². The van der Waals surface area contributed by atoms with Gasteiger partial charge in [-0.25, -0.2) is 0 Å². The van der Waals surface area contributed by atoms with E-state index in [0.29, 0.717) is 61.4 Å². The molecule has 6 rings (SSSR count). The Morgan fingerprint density at radius 3 is 1.38 bits per heavy atom. The molecule has 16 heteroatoms. The third-order valence-electron chi connectivity index (χ3n) is 12.6. The molecule has 0 aliphatic carbocycles. The smallest absolute Gasteiger partial charge is 0.247 e. The van der Waals surface area contributed by atoms with E-state index in [4.69, 9.17) is 0 Å². The summed E-state index contributed by atoms with van der Waals surface area (Å²) in [6.07, 6.45) is 3.36. The van der Waals surface area contributed by atoms with E-state index in [9.17, 15) is 28.8 Å². The van der Waals surface area contributed by atoms with E-state index in [1.807, 2.05) is 76.2 Å². The second-order valence-electron chi connectivity index (χ2n) is 17.8. The number of nitrogens with one attached hydrogen (secondary N) is 6. The number of aryl methyl sites for hydroxylation is 2. The van der Waals surface area contributed by atoms with E-state index in [1.165, 1.54) is 0 Å². The highest BCUT2D eigenvalue weighted by atomic mass is 32.2. The average molecular weight is 863 g/mol. The fourth-order valence-electron chi connectivity index (χ4n) is 8.95. The Bertz CT molecular complexity index is 1820. The summed E-state index contributed by atoms with van der Waals surface area (Å²) in [5, 5.41) is 17.7. The van der Waals surface area contributed by atoms with E-state index in [0.717, 1.165) is 11.1 Å². The van der Waals surface area contributed by atoms with Crippen LogP contribution >= 0.6 is 23.5 Å². The molecular weight excluding hydrogens is 801 g/mol. The molecule has 14 nitrogen and oxygen atoms in total. The van der Waals surface area contributed by atoms with Gasteiger partial charge < -0.3 is 41.7 Å². The average Bonchev–Trinajstić information content (AvgIpc) is 3.53. The van der Waals surface area contributed by atoms with E-state index in [1.54, 1.807) is 61.3 Å². The van der Waals surface area contributed by atoms with Crippen LogP contribution in [-0.4, -0.2) is 118 Å². The number of fused-ring (bicyclic) bond motifs is 2. The standard InChI is InChI=1S/C44H62N8O6S2/c1-25(45-7)37(53)49-31-19-21-59-33-23-43(3,4)35(51(33)41(31)57)39(55)47-29-15-11-9-13-27(29)17-18-28-14-10-12-16-30(28)48-40(56)36-44(5,6)24-34-52(36)42(58)32(20-22-60-34)50-38(54)26(2)46-8/h9-16,25-26,31-36,45-46H,17-24H2,1-8H3,(H,47,55)(H,48,56)(H,49,53)(H,50,54)/t25-,26-,31-,32-,33-,34-,35+,36+/m0/s1. The Labute approximate surface area is 362 Å². The number of carbonyl (C=O) groups excluding carboxylic acids is 6. The predicted molar refractivity (Wildman–Crippen MR) is 238 cm³/mol. The molecule has 60 heavy (non-hydrogen) atoms. The lowest BCUT2D eigenvalue weighted by Gasteiger charge is -2.34. The summed E-state index contributed by atoms with van der Waals surface area (Å²) in [5.41, 5.74) is 2.06. The minimum Gasteiger partial charge on any atom is -0.343 e. The molecule has 2 aromatic rings. The third kappa shape index (κ3) is 9.66. The van der Waals surface area contributed by atoms with Gasteiger partial charge in [-0.3, -0.25) is 28.8 Å². The van der Waals surface area contributed by atoms with Crippen molar-refractivity contribution in [3.8, 4) is 0 Å². The van der Waals surface area contributed by atoms with Crippen LogP contribution < -0.4 is 31.9 Å². The molecule has 0 unspecified atom stereocenters. The van der Waals surface area contributed by atoms with Crippen LogP contribution in [0.1, 0.15) is 78.4 Å². The van der Waals surface area contributed by atoms with Gasteiger partial charge in [-0.05, 0) is 112 Å². The van der Waals surface area contributed by atoms with Crippen LogP contribution in [0.2, 0.25) is 0 Å². The molecule has 4 heterocycles. The van der Waals surface area contributed by atoms with Crippen molar-refractivity contribution in [2.45, 2.75) is 127 Å².